The van der Waals surface area contributed by atoms with Gasteiger partial charge in [-0.2, -0.15) is 0 Å². The van der Waals surface area contributed by atoms with Gasteiger partial charge in [0.2, 0.25) is 0 Å². The van der Waals surface area contributed by atoms with E-state index in [0.29, 0.717) is 5.56 Å². The van der Waals surface area contributed by atoms with Gasteiger partial charge >= 0.3 is 0 Å². The van der Waals surface area contributed by atoms with Gasteiger partial charge in [0.1, 0.15) is 0 Å². The summed E-state index contributed by atoms with van der Waals surface area (Å²) in [5.74, 6) is -0.0787. The van der Waals surface area contributed by atoms with Crippen LogP contribution in [0.1, 0.15) is 10.4 Å². The van der Waals surface area contributed by atoms with E-state index in [1.54, 1.807) is 11.8 Å². The number of para-hydroxylation sites is 1. The second-order valence-electron chi connectivity index (χ2n) is 4.86. The molecule has 3 aromatic rings. The molecule has 0 aliphatic rings. The van der Waals surface area contributed by atoms with Crippen LogP contribution in [-0.2, 0) is 7.05 Å². The first-order chi connectivity index (χ1) is 10.2. The Labute approximate surface area is 128 Å². The number of anilines is 1. The highest BCUT2D eigenvalue weighted by Gasteiger charge is 2.13. The van der Waals surface area contributed by atoms with Gasteiger partial charge < -0.3 is 9.88 Å². The topological polar surface area (TPSA) is 34.0 Å². The van der Waals surface area contributed by atoms with E-state index in [2.05, 4.69) is 5.32 Å². The number of nitrogens with one attached hydrogen (secondary N) is 1. The fraction of sp³-hybridized carbons (Fsp3) is 0.118. The van der Waals surface area contributed by atoms with Crippen molar-refractivity contribution >= 4 is 34.3 Å². The zero-order valence-electron chi connectivity index (χ0n) is 12.0. The minimum atomic E-state index is -0.0787. The summed E-state index contributed by atoms with van der Waals surface area (Å²) in [6, 6.07) is 15.8. The third-order valence-corrected chi connectivity index (χ3v) is 4.19. The molecule has 0 atom stereocenters. The van der Waals surface area contributed by atoms with Gasteiger partial charge in [0.05, 0.1) is 5.56 Å². The predicted molar refractivity (Wildman–Crippen MR) is 89.1 cm³/mol. The summed E-state index contributed by atoms with van der Waals surface area (Å²) >= 11 is 1.66. The highest BCUT2D eigenvalue weighted by Crippen LogP contribution is 2.23. The molecule has 0 unspecified atom stereocenters. The molecule has 1 aromatic heterocycles. The first-order valence-electron chi connectivity index (χ1n) is 6.68. The fourth-order valence-corrected chi connectivity index (χ4v) is 2.88. The molecule has 1 amide bonds. The Morgan fingerprint density at radius 3 is 2.76 bits per heavy atom. The lowest BCUT2D eigenvalue weighted by Crippen LogP contribution is -2.11. The lowest BCUT2D eigenvalue weighted by molar-refractivity contribution is 0.102. The number of fused-ring (bicyclic) bond motifs is 1. The van der Waals surface area contributed by atoms with Crippen molar-refractivity contribution in [1.82, 2.24) is 4.57 Å². The molecule has 3 nitrogen and oxygen atoms in total. The maximum Gasteiger partial charge on any atom is 0.257 e. The zero-order chi connectivity index (χ0) is 14.8. The van der Waals surface area contributed by atoms with E-state index in [0.717, 1.165) is 21.5 Å². The number of benzene rings is 2. The average molecular weight is 296 g/mol. The summed E-state index contributed by atoms with van der Waals surface area (Å²) in [5, 5.41) is 3.94. The Bertz CT molecular complexity index is 807. The highest BCUT2D eigenvalue weighted by molar-refractivity contribution is 7.98. The molecule has 0 spiro atoms. The smallest absolute Gasteiger partial charge is 0.257 e. The lowest BCUT2D eigenvalue weighted by Gasteiger charge is -2.05. The fourth-order valence-electron chi connectivity index (χ4n) is 2.42. The molecule has 0 bridgehead atoms. The zero-order valence-corrected chi connectivity index (χ0v) is 12.8. The van der Waals surface area contributed by atoms with Crippen molar-refractivity contribution in [3.05, 3.63) is 60.3 Å². The van der Waals surface area contributed by atoms with Crippen LogP contribution in [-0.4, -0.2) is 16.7 Å². The Balaban J connectivity index is 1.94. The van der Waals surface area contributed by atoms with Gasteiger partial charge in [-0.25, -0.2) is 0 Å². The third kappa shape index (κ3) is 2.67. The van der Waals surface area contributed by atoms with Gasteiger partial charge in [-0.05, 0) is 30.5 Å². The molecule has 4 heteroatoms. The summed E-state index contributed by atoms with van der Waals surface area (Å²) in [5.41, 5.74) is 2.57. The SMILES string of the molecule is CSc1cccc(NC(=O)c2cn(C)c3ccccc23)c1. The van der Waals surface area contributed by atoms with Crippen LogP contribution in [0.4, 0.5) is 5.69 Å². The number of nitrogens with zero attached hydrogens (tertiary/aromatic N) is 1. The van der Waals surface area contributed by atoms with Gasteiger partial charge in [-0.1, -0.05) is 24.3 Å². The molecular weight excluding hydrogens is 280 g/mol. The minimum Gasteiger partial charge on any atom is -0.350 e. The van der Waals surface area contributed by atoms with Gasteiger partial charge in [-0.15, -0.1) is 11.8 Å². The van der Waals surface area contributed by atoms with Crippen LogP contribution in [0.5, 0.6) is 0 Å². The van der Waals surface area contributed by atoms with Crippen LogP contribution in [0, 0.1) is 0 Å². The second kappa shape index (κ2) is 5.66. The summed E-state index contributed by atoms with van der Waals surface area (Å²) in [7, 11) is 1.95. The Morgan fingerprint density at radius 2 is 1.95 bits per heavy atom. The monoisotopic (exact) mass is 296 g/mol. The van der Waals surface area contributed by atoms with Crippen LogP contribution >= 0.6 is 11.8 Å². The molecule has 0 aliphatic heterocycles. The number of thioether (sulfide) groups is 1. The van der Waals surface area contributed by atoms with Crippen molar-refractivity contribution in [1.29, 1.82) is 0 Å². The van der Waals surface area contributed by atoms with E-state index in [9.17, 15) is 4.79 Å². The molecule has 106 valence electrons. The van der Waals surface area contributed by atoms with Crippen molar-refractivity contribution in [2.45, 2.75) is 4.90 Å². The summed E-state index contributed by atoms with van der Waals surface area (Å²) < 4.78 is 1.97. The number of aromatic nitrogens is 1. The van der Waals surface area contributed by atoms with Crippen molar-refractivity contribution in [2.75, 3.05) is 11.6 Å². The molecule has 3 rings (SSSR count). The Morgan fingerprint density at radius 1 is 1.14 bits per heavy atom. The van der Waals surface area contributed by atoms with Crippen molar-refractivity contribution in [3.63, 3.8) is 0 Å². The van der Waals surface area contributed by atoms with Crippen molar-refractivity contribution < 1.29 is 4.79 Å². The number of hydrogen-bond acceptors (Lipinski definition) is 2. The van der Waals surface area contributed by atoms with E-state index in [1.165, 1.54) is 0 Å². The number of amides is 1. The molecule has 0 saturated heterocycles. The number of carbonyl (C=O) groups excluding carboxylic acids is 1. The van der Waals surface area contributed by atoms with E-state index >= 15 is 0 Å². The molecule has 1 heterocycles. The van der Waals surface area contributed by atoms with E-state index in [4.69, 9.17) is 0 Å². The summed E-state index contributed by atoms with van der Waals surface area (Å²) in [6.07, 6.45) is 3.89. The van der Waals surface area contributed by atoms with Gasteiger partial charge in [0.15, 0.2) is 0 Å². The Kier molecular flexibility index (Phi) is 3.71. The van der Waals surface area contributed by atoms with Crippen LogP contribution in [0.25, 0.3) is 10.9 Å². The molecule has 2 aromatic carbocycles. The molecule has 1 N–H and O–H groups in total. The number of carbonyl (C=O) groups is 1. The quantitative estimate of drug-likeness (QED) is 0.737. The highest BCUT2D eigenvalue weighted by atomic mass is 32.2. The molecule has 0 fully saturated rings. The lowest BCUT2D eigenvalue weighted by atomic mass is 10.1. The number of aryl methyl sites for hydroxylation is 1. The van der Waals surface area contributed by atoms with Crippen molar-refractivity contribution in [3.8, 4) is 0 Å². The van der Waals surface area contributed by atoms with Crippen LogP contribution in [0.3, 0.4) is 0 Å². The first kappa shape index (κ1) is 13.8. The van der Waals surface area contributed by atoms with Gasteiger partial charge in [0, 0.05) is 34.7 Å². The van der Waals surface area contributed by atoms with Crippen LogP contribution in [0.2, 0.25) is 0 Å². The van der Waals surface area contributed by atoms with E-state index in [1.807, 2.05) is 72.6 Å². The van der Waals surface area contributed by atoms with E-state index < -0.39 is 0 Å². The second-order valence-corrected chi connectivity index (χ2v) is 5.74. The predicted octanol–water partition coefficient (Wildman–Crippen LogP) is 4.15. The molecule has 0 radical (unpaired) electrons. The summed E-state index contributed by atoms with van der Waals surface area (Å²) in [6.45, 7) is 0. The maximum absolute atomic E-state index is 12.5. The number of rotatable bonds is 3. The van der Waals surface area contributed by atoms with E-state index in [-0.39, 0.29) is 5.91 Å². The summed E-state index contributed by atoms with van der Waals surface area (Å²) in [4.78, 5) is 13.6. The molecule has 0 saturated carbocycles. The normalized spacial score (nSPS) is 10.8. The number of hydrogen-bond donors (Lipinski definition) is 1. The average Bonchev–Trinajstić information content (AvgIpc) is 2.85. The largest absolute Gasteiger partial charge is 0.350 e. The minimum absolute atomic E-state index is 0.0787. The van der Waals surface area contributed by atoms with Gasteiger partial charge in [0.25, 0.3) is 5.91 Å². The maximum atomic E-state index is 12.5. The molecule has 21 heavy (non-hydrogen) atoms. The third-order valence-electron chi connectivity index (χ3n) is 3.47. The standard InChI is InChI=1S/C17H16N2OS/c1-19-11-15(14-8-3-4-9-16(14)19)17(20)18-12-6-5-7-13(10-12)21-2/h3-11H,1-2H3,(H,18,20). The van der Waals surface area contributed by atoms with Crippen LogP contribution < -0.4 is 5.32 Å². The van der Waals surface area contributed by atoms with Crippen molar-refractivity contribution in [2.24, 2.45) is 7.05 Å². The van der Waals surface area contributed by atoms with Gasteiger partial charge in [-0.3, -0.25) is 4.79 Å². The van der Waals surface area contributed by atoms with Crippen LogP contribution in [0.15, 0.2) is 59.6 Å². The first-order valence-corrected chi connectivity index (χ1v) is 7.91. The Hall–Kier alpha value is -2.20. The molecule has 0 aliphatic carbocycles. The molecular formula is C17H16N2OS.